The van der Waals surface area contributed by atoms with Crippen LogP contribution in [0.2, 0.25) is 0 Å². The van der Waals surface area contributed by atoms with Gasteiger partial charge in [-0.2, -0.15) is 5.26 Å². The number of thiophene rings is 1. The summed E-state index contributed by atoms with van der Waals surface area (Å²) in [6, 6.07) is 5.65. The van der Waals surface area contributed by atoms with Crippen molar-refractivity contribution < 1.29 is 9.53 Å². The first-order chi connectivity index (χ1) is 10.1. The smallest absolute Gasteiger partial charge is 0.212 e. The maximum Gasteiger partial charge on any atom is 0.212 e. The highest BCUT2D eigenvalue weighted by molar-refractivity contribution is 7.18. The molecule has 0 atom stereocenters. The van der Waals surface area contributed by atoms with Crippen LogP contribution in [0.5, 0.6) is 5.88 Å². The summed E-state index contributed by atoms with van der Waals surface area (Å²) in [7, 11) is 1.55. The normalized spacial score (nSPS) is 9.95. The van der Waals surface area contributed by atoms with Gasteiger partial charge in [0.05, 0.1) is 17.7 Å². The number of nitrogen functional groups attached to an aromatic ring is 1. The van der Waals surface area contributed by atoms with Crippen LogP contribution >= 0.6 is 11.3 Å². The van der Waals surface area contributed by atoms with Gasteiger partial charge in [0.1, 0.15) is 16.6 Å². The van der Waals surface area contributed by atoms with E-state index in [-0.39, 0.29) is 11.5 Å². The Morgan fingerprint density at radius 2 is 2.33 bits per heavy atom. The summed E-state index contributed by atoms with van der Waals surface area (Å²) >= 11 is 1.19. The fourth-order valence-electron chi connectivity index (χ4n) is 1.76. The van der Waals surface area contributed by atoms with Crippen molar-refractivity contribution in [2.45, 2.75) is 13.5 Å². The molecule has 0 amide bonds. The van der Waals surface area contributed by atoms with E-state index in [0.717, 1.165) is 5.56 Å². The van der Waals surface area contributed by atoms with E-state index in [1.54, 1.807) is 19.4 Å². The highest BCUT2D eigenvalue weighted by atomic mass is 32.1. The van der Waals surface area contributed by atoms with Gasteiger partial charge >= 0.3 is 0 Å². The average Bonchev–Trinajstić information content (AvgIpc) is 2.81. The van der Waals surface area contributed by atoms with E-state index in [4.69, 9.17) is 15.7 Å². The van der Waals surface area contributed by atoms with Gasteiger partial charge in [0.15, 0.2) is 5.78 Å². The number of nitrogens with zero attached hydrogens (tertiary/aromatic N) is 2. The number of Topliss-reactive ketones (excluding diaryl/α,β-unsaturated/α-hetero) is 1. The molecule has 0 unspecified atom stereocenters. The molecular weight excluding hydrogens is 288 g/mol. The van der Waals surface area contributed by atoms with Crippen molar-refractivity contribution in [3.05, 3.63) is 34.3 Å². The Labute approximate surface area is 126 Å². The van der Waals surface area contributed by atoms with Crippen molar-refractivity contribution in [1.29, 1.82) is 5.26 Å². The highest BCUT2D eigenvalue weighted by Gasteiger charge is 2.18. The lowest BCUT2D eigenvalue weighted by atomic mass is 10.2. The van der Waals surface area contributed by atoms with Crippen molar-refractivity contribution in [2.24, 2.45) is 0 Å². The number of carbonyl (C=O) groups is 1. The molecule has 0 aliphatic carbocycles. The monoisotopic (exact) mass is 302 g/mol. The predicted molar refractivity (Wildman–Crippen MR) is 81.6 cm³/mol. The molecule has 108 valence electrons. The molecule has 7 heteroatoms. The SMILES string of the molecule is COc1ccc(CNc2sc(C(C)=O)c(N)c2C#N)cn1. The minimum absolute atomic E-state index is 0.145. The number of rotatable bonds is 5. The number of ketones is 1. The van der Waals surface area contributed by atoms with Crippen LogP contribution in [-0.2, 0) is 6.54 Å². The molecule has 6 nitrogen and oxygen atoms in total. The molecule has 3 N–H and O–H groups in total. The Balaban J connectivity index is 2.17. The van der Waals surface area contributed by atoms with Crippen LogP contribution in [0.15, 0.2) is 18.3 Å². The molecule has 2 aromatic heterocycles. The van der Waals surface area contributed by atoms with E-state index in [1.807, 2.05) is 12.1 Å². The van der Waals surface area contributed by atoms with Crippen LogP contribution in [0.25, 0.3) is 0 Å². The van der Waals surface area contributed by atoms with Gasteiger partial charge in [0, 0.05) is 25.7 Å². The first kappa shape index (κ1) is 14.8. The lowest BCUT2D eigenvalue weighted by Crippen LogP contribution is -2.00. The standard InChI is InChI=1S/C14H14N4O2S/c1-8(19)13-12(16)10(5-15)14(21-13)18-7-9-3-4-11(20-2)17-6-9/h3-4,6,18H,7,16H2,1-2H3. The summed E-state index contributed by atoms with van der Waals surface area (Å²) in [5.74, 6) is 0.392. The predicted octanol–water partition coefficient (Wildman–Crippen LogP) is 2.42. The zero-order valence-electron chi connectivity index (χ0n) is 11.6. The summed E-state index contributed by atoms with van der Waals surface area (Å²) in [4.78, 5) is 16.0. The summed E-state index contributed by atoms with van der Waals surface area (Å²) in [5, 5.41) is 12.9. The number of methoxy groups -OCH3 is 1. The van der Waals surface area contributed by atoms with Crippen LogP contribution < -0.4 is 15.8 Å². The number of ether oxygens (including phenoxy) is 1. The second-order valence-electron chi connectivity index (χ2n) is 4.28. The third-order valence-electron chi connectivity index (χ3n) is 2.84. The van der Waals surface area contributed by atoms with Crippen LogP contribution in [0, 0.1) is 11.3 Å². The minimum Gasteiger partial charge on any atom is -0.481 e. The van der Waals surface area contributed by atoms with E-state index in [1.165, 1.54) is 18.3 Å². The fraction of sp³-hybridized carbons (Fsp3) is 0.214. The third kappa shape index (κ3) is 3.12. The van der Waals surface area contributed by atoms with Crippen LogP contribution in [0.3, 0.4) is 0 Å². The molecule has 2 rings (SSSR count). The molecule has 0 fully saturated rings. The zero-order chi connectivity index (χ0) is 15.4. The number of anilines is 2. The molecular formula is C14H14N4O2S. The molecule has 0 bridgehead atoms. The van der Waals surface area contributed by atoms with Gasteiger partial charge in [0.25, 0.3) is 0 Å². The van der Waals surface area contributed by atoms with Crippen molar-refractivity contribution in [3.8, 4) is 11.9 Å². The number of carbonyl (C=O) groups excluding carboxylic acids is 1. The molecule has 21 heavy (non-hydrogen) atoms. The molecule has 0 spiro atoms. The van der Waals surface area contributed by atoms with Crippen molar-refractivity contribution in [1.82, 2.24) is 4.98 Å². The van der Waals surface area contributed by atoms with E-state index in [9.17, 15) is 4.79 Å². The van der Waals surface area contributed by atoms with Gasteiger partial charge < -0.3 is 15.8 Å². The zero-order valence-corrected chi connectivity index (χ0v) is 12.5. The Morgan fingerprint density at radius 1 is 1.57 bits per heavy atom. The number of nitrogens with two attached hydrogens (primary N) is 1. The van der Waals surface area contributed by atoms with E-state index < -0.39 is 0 Å². The molecule has 0 aromatic carbocycles. The maximum absolute atomic E-state index is 11.5. The van der Waals surface area contributed by atoms with Crippen LogP contribution in [0.1, 0.15) is 27.7 Å². The summed E-state index contributed by atoms with van der Waals surface area (Å²) in [5.41, 5.74) is 7.30. The van der Waals surface area contributed by atoms with Gasteiger partial charge in [-0.25, -0.2) is 4.98 Å². The van der Waals surface area contributed by atoms with Crippen molar-refractivity contribution >= 4 is 27.8 Å². The summed E-state index contributed by atoms with van der Waals surface area (Å²) in [6.07, 6.45) is 1.68. The van der Waals surface area contributed by atoms with Crippen LogP contribution in [-0.4, -0.2) is 17.9 Å². The molecule has 0 aliphatic rings. The number of nitrogens with one attached hydrogen (secondary N) is 1. The average molecular weight is 302 g/mol. The molecule has 2 heterocycles. The number of hydrogen-bond acceptors (Lipinski definition) is 7. The fourth-order valence-corrected chi connectivity index (χ4v) is 2.72. The molecule has 0 radical (unpaired) electrons. The molecule has 0 aliphatic heterocycles. The maximum atomic E-state index is 11.5. The third-order valence-corrected chi connectivity index (χ3v) is 4.10. The lowest BCUT2D eigenvalue weighted by molar-refractivity contribution is 0.102. The number of aromatic nitrogens is 1. The second-order valence-corrected chi connectivity index (χ2v) is 5.30. The molecule has 0 saturated heterocycles. The van der Waals surface area contributed by atoms with Crippen molar-refractivity contribution in [2.75, 3.05) is 18.2 Å². The van der Waals surface area contributed by atoms with E-state index in [0.29, 0.717) is 27.9 Å². The van der Waals surface area contributed by atoms with Crippen molar-refractivity contribution in [3.63, 3.8) is 0 Å². The Morgan fingerprint density at radius 3 is 2.86 bits per heavy atom. The second kappa shape index (κ2) is 6.24. The van der Waals surface area contributed by atoms with E-state index >= 15 is 0 Å². The molecule has 0 saturated carbocycles. The van der Waals surface area contributed by atoms with Gasteiger partial charge in [-0.05, 0) is 5.56 Å². The largest absolute Gasteiger partial charge is 0.481 e. The van der Waals surface area contributed by atoms with Gasteiger partial charge in [-0.15, -0.1) is 11.3 Å². The number of nitriles is 1. The molecule has 2 aromatic rings. The lowest BCUT2D eigenvalue weighted by Gasteiger charge is -2.05. The Kier molecular flexibility index (Phi) is 4.40. The first-order valence-electron chi connectivity index (χ1n) is 6.13. The number of hydrogen-bond donors (Lipinski definition) is 2. The minimum atomic E-state index is -0.145. The van der Waals surface area contributed by atoms with Gasteiger partial charge in [0.2, 0.25) is 5.88 Å². The number of pyridine rings is 1. The van der Waals surface area contributed by atoms with Gasteiger partial charge in [-0.1, -0.05) is 6.07 Å². The van der Waals surface area contributed by atoms with Crippen LogP contribution in [0.4, 0.5) is 10.7 Å². The van der Waals surface area contributed by atoms with Gasteiger partial charge in [-0.3, -0.25) is 4.79 Å². The van der Waals surface area contributed by atoms with E-state index in [2.05, 4.69) is 10.3 Å². The summed E-state index contributed by atoms with van der Waals surface area (Å²) < 4.78 is 4.99. The summed E-state index contributed by atoms with van der Waals surface area (Å²) in [6.45, 7) is 1.91. The topological polar surface area (TPSA) is 101 Å². The highest BCUT2D eigenvalue weighted by Crippen LogP contribution is 2.35. The Bertz CT molecular complexity index is 701. The quantitative estimate of drug-likeness (QED) is 0.822. The first-order valence-corrected chi connectivity index (χ1v) is 6.94. The Hall–Kier alpha value is -2.59.